The molecule has 0 atom stereocenters. The van der Waals surface area contributed by atoms with E-state index in [0.717, 1.165) is 28.2 Å². The molecule has 0 radical (unpaired) electrons. The molecule has 0 aliphatic heterocycles. The lowest BCUT2D eigenvalue weighted by Crippen LogP contribution is -2.18. The number of rotatable bonds is 6. The number of benzene rings is 3. The number of hydrogen-bond donors (Lipinski definition) is 2. The highest BCUT2D eigenvalue weighted by molar-refractivity contribution is 7.92. The van der Waals surface area contributed by atoms with Gasteiger partial charge in [0.15, 0.2) is 0 Å². The molecule has 184 valence electrons. The molecule has 1 amide bonds. The van der Waals surface area contributed by atoms with Gasteiger partial charge in [0.25, 0.3) is 5.56 Å². The van der Waals surface area contributed by atoms with Crippen LogP contribution in [0.1, 0.15) is 0 Å². The fourth-order valence-electron chi connectivity index (χ4n) is 4.21. The van der Waals surface area contributed by atoms with E-state index >= 15 is 0 Å². The molecule has 8 nitrogen and oxygen atoms in total. The number of fused-ring (bicyclic) bond motifs is 3. The monoisotopic (exact) mass is 510 g/mol. The van der Waals surface area contributed by atoms with Crippen LogP contribution >= 0.6 is 0 Å². The number of pyridine rings is 2. The maximum atomic E-state index is 13.2. The molecule has 37 heavy (non-hydrogen) atoms. The summed E-state index contributed by atoms with van der Waals surface area (Å²) >= 11 is 0. The molecule has 0 aliphatic rings. The average Bonchev–Trinajstić information content (AvgIpc) is 2.88. The van der Waals surface area contributed by atoms with E-state index in [9.17, 15) is 18.0 Å². The van der Waals surface area contributed by atoms with Gasteiger partial charge in [-0.3, -0.25) is 23.9 Å². The zero-order valence-corrected chi connectivity index (χ0v) is 20.6. The minimum Gasteiger partial charge on any atom is -0.322 e. The highest BCUT2D eigenvalue weighted by Gasteiger charge is 2.13. The molecule has 0 bridgehead atoms. The summed E-state index contributed by atoms with van der Waals surface area (Å²) in [6.07, 6.45) is 4.01. The van der Waals surface area contributed by atoms with Crippen molar-refractivity contribution >= 4 is 49.1 Å². The Balaban J connectivity index is 1.68. The third-order valence-corrected chi connectivity index (χ3v) is 6.40. The maximum absolute atomic E-state index is 13.2. The van der Waals surface area contributed by atoms with E-state index in [1.165, 1.54) is 12.1 Å². The van der Waals surface area contributed by atoms with E-state index in [2.05, 4.69) is 21.6 Å². The van der Waals surface area contributed by atoms with Crippen LogP contribution < -0.4 is 15.6 Å². The average molecular weight is 511 g/mol. The van der Waals surface area contributed by atoms with Gasteiger partial charge in [0, 0.05) is 34.4 Å². The number of carbonyl (C=O) groups is 1. The number of hydrogen-bond acceptors (Lipinski definition) is 5. The van der Waals surface area contributed by atoms with Crippen LogP contribution in [0.4, 0.5) is 11.4 Å². The lowest BCUT2D eigenvalue weighted by Gasteiger charge is -2.14. The van der Waals surface area contributed by atoms with Crippen LogP contribution in [0.15, 0.2) is 103 Å². The first-order chi connectivity index (χ1) is 17.7. The Hall–Kier alpha value is -4.76. The number of nitrogens with zero attached hydrogens (tertiary/aromatic N) is 2. The van der Waals surface area contributed by atoms with Crippen molar-refractivity contribution in [3.63, 3.8) is 0 Å². The van der Waals surface area contributed by atoms with Crippen LogP contribution in [0, 0.1) is 0 Å². The summed E-state index contributed by atoms with van der Waals surface area (Å²) in [6.45, 7) is 3.48. The van der Waals surface area contributed by atoms with Crippen molar-refractivity contribution in [1.29, 1.82) is 0 Å². The summed E-state index contributed by atoms with van der Waals surface area (Å²) in [5, 5.41) is 4.27. The molecule has 0 spiro atoms. The van der Waals surface area contributed by atoms with Gasteiger partial charge in [-0.2, -0.15) is 0 Å². The summed E-state index contributed by atoms with van der Waals surface area (Å²) in [5.74, 6) is -0.348. The number of anilines is 2. The van der Waals surface area contributed by atoms with Gasteiger partial charge in [0.05, 0.1) is 23.0 Å². The number of amides is 1. The second-order valence-electron chi connectivity index (χ2n) is 8.50. The third kappa shape index (κ3) is 4.98. The number of nitrogens with one attached hydrogen (secondary N) is 2. The zero-order chi connectivity index (χ0) is 26.2. The Morgan fingerprint density at radius 2 is 1.70 bits per heavy atom. The van der Waals surface area contributed by atoms with E-state index in [4.69, 9.17) is 0 Å². The Bertz CT molecular complexity index is 1860. The van der Waals surface area contributed by atoms with Gasteiger partial charge in [0.1, 0.15) is 0 Å². The first-order valence-electron chi connectivity index (χ1n) is 11.3. The molecule has 0 aliphatic carbocycles. The molecule has 9 heteroatoms. The van der Waals surface area contributed by atoms with Crippen LogP contribution in [0.5, 0.6) is 0 Å². The molecule has 2 aromatic heterocycles. The van der Waals surface area contributed by atoms with Gasteiger partial charge in [-0.05, 0) is 65.7 Å². The van der Waals surface area contributed by atoms with E-state index in [0.29, 0.717) is 28.1 Å². The van der Waals surface area contributed by atoms with Gasteiger partial charge >= 0.3 is 0 Å². The van der Waals surface area contributed by atoms with Gasteiger partial charge in [-0.25, -0.2) is 8.42 Å². The maximum Gasteiger partial charge on any atom is 0.255 e. The minimum absolute atomic E-state index is 0.228. The first kappa shape index (κ1) is 24.0. The Kier molecular flexibility index (Phi) is 6.06. The van der Waals surface area contributed by atoms with Crippen LogP contribution in [0.25, 0.3) is 38.6 Å². The summed E-state index contributed by atoms with van der Waals surface area (Å²) < 4.78 is 27.1. The molecular formula is C28H22N4O4S. The van der Waals surface area contributed by atoms with Crippen molar-refractivity contribution < 1.29 is 13.2 Å². The standard InChI is InChI=1S/C28H22N4O4S/c1-3-26(33)30-22-5-4-6-23(16-22)32-27(34)14-10-20-17-29-25-13-9-19(15-24(25)28(20)32)18-7-11-21(12-8-18)31-37(2,35)36/h3-17,31H,1H2,2H3,(H,30,33). The molecule has 2 heterocycles. The van der Waals surface area contributed by atoms with Crippen molar-refractivity contribution in [2.75, 3.05) is 16.3 Å². The molecule has 0 fully saturated rings. The number of sulfonamides is 1. The Morgan fingerprint density at radius 3 is 2.43 bits per heavy atom. The topological polar surface area (TPSA) is 110 Å². The van der Waals surface area contributed by atoms with Crippen LogP contribution in [-0.2, 0) is 14.8 Å². The van der Waals surface area contributed by atoms with E-state index in [1.807, 2.05) is 30.3 Å². The second-order valence-corrected chi connectivity index (χ2v) is 10.2. The van der Waals surface area contributed by atoms with Crippen LogP contribution in [-0.4, -0.2) is 30.1 Å². The molecule has 0 saturated carbocycles. The van der Waals surface area contributed by atoms with E-state index < -0.39 is 10.0 Å². The van der Waals surface area contributed by atoms with Crippen molar-refractivity contribution in [2.24, 2.45) is 0 Å². The van der Waals surface area contributed by atoms with Gasteiger partial charge in [0.2, 0.25) is 15.9 Å². The predicted octanol–water partition coefficient (Wildman–Crippen LogP) is 4.70. The second kappa shape index (κ2) is 9.36. The minimum atomic E-state index is -3.37. The third-order valence-electron chi connectivity index (χ3n) is 5.80. The molecule has 0 saturated heterocycles. The van der Waals surface area contributed by atoms with Crippen molar-refractivity contribution in [3.8, 4) is 16.8 Å². The SMILES string of the molecule is C=CC(=O)Nc1cccc(-n2c(=O)ccc3cnc4ccc(-c5ccc(NS(C)(=O)=O)cc5)cc4c32)c1. The highest BCUT2D eigenvalue weighted by atomic mass is 32.2. The van der Waals surface area contributed by atoms with Gasteiger partial charge in [-0.15, -0.1) is 0 Å². The molecular weight excluding hydrogens is 488 g/mol. The Morgan fingerprint density at radius 1 is 0.946 bits per heavy atom. The lowest BCUT2D eigenvalue weighted by molar-refractivity contribution is -0.111. The van der Waals surface area contributed by atoms with Crippen molar-refractivity contribution in [2.45, 2.75) is 0 Å². The van der Waals surface area contributed by atoms with Crippen LogP contribution in [0.2, 0.25) is 0 Å². The summed E-state index contributed by atoms with van der Waals surface area (Å²) in [6, 6.07) is 23.1. The summed E-state index contributed by atoms with van der Waals surface area (Å²) in [4.78, 5) is 29.5. The number of carbonyl (C=O) groups excluding carboxylic acids is 1. The number of aromatic nitrogens is 2. The van der Waals surface area contributed by atoms with E-state index in [-0.39, 0.29) is 11.5 Å². The fraction of sp³-hybridized carbons (Fsp3) is 0.0357. The van der Waals surface area contributed by atoms with Gasteiger partial charge in [-0.1, -0.05) is 30.8 Å². The normalized spacial score (nSPS) is 11.4. The van der Waals surface area contributed by atoms with E-state index in [1.54, 1.807) is 53.2 Å². The zero-order valence-electron chi connectivity index (χ0n) is 19.8. The molecule has 5 rings (SSSR count). The highest BCUT2D eigenvalue weighted by Crippen LogP contribution is 2.30. The first-order valence-corrected chi connectivity index (χ1v) is 13.2. The largest absolute Gasteiger partial charge is 0.322 e. The molecule has 5 aromatic rings. The molecule has 2 N–H and O–H groups in total. The predicted molar refractivity (Wildman–Crippen MR) is 148 cm³/mol. The smallest absolute Gasteiger partial charge is 0.255 e. The summed E-state index contributed by atoms with van der Waals surface area (Å²) in [5.41, 5.74) is 4.51. The fourth-order valence-corrected chi connectivity index (χ4v) is 4.77. The van der Waals surface area contributed by atoms with Crippen molar-refractivity contribution in [1.82, 2.24) is 9.55 Å². The van der Waals surface area contributed by atoms with Crippen LogP contribution in [0.3, 0.4) is 0 Å². The lowest BCUT2D eigenvalue weighted by atomic mass is 10.0. The van der Waals surface area contributed by atoms with Gasteiger partial charge < -0.3 is 5.32 Å². The molecule has 3 aromatic carbocycles. The van der Waals surface area contributed by atoms with Crippen molar-refractivity contribution in [3.05, 3.63) is 108 Å². The summed E-state index contributed by atoms with van der Waals surface area (Å²) in [7, 11) is -3.37. The quantitative estimate of drug-likeness (QED) is 0.254. The molecule has 0 unspecified atom stereocenters. The Labute approximate surface area is 213 Å².